The lowest BCUT2D eigenvalue weighted by atomic mass is 9.81. The van der Waals surface area contributed by atoms with Crippen molar-refractivity contribution < 1.29 is 9.18 Å². The van der Waals surface area contributed by atoms with Gasteiger partial charge in [0.2, 0.25) is 5.91 Å². The minimum Gasteiger partial charge on any atom is -0.361 e. The van der Waals surface area contributed by atoms with Gasteiger partial charge in [0.05, 0.1) is 5.54 Å². The summed E-state index contributed by atoms with van der Waals surface area (Å²) >= 11 is 6.21. The third-order valence-electron chi connectivity index (χ3n) is 6.86. The quantitative estimate of drug-likeness (QED) is 0.600. The van der Waals surface area contributed by atoms with Crippen LogP contribution in [0.15, 0.2) is 48.7 Å². The third-order valence-corrected chi connectivity index (χ3v) is 7.10. The number of fused-ring (bicyclic) bond motifs is 1. The molecule has 3 heterocycles. The zero-order chi connectivity index (χ0) is 20.9. The highest BCUT2D eigenvalue weighted by Crippen LogP contribution is 2.44. The number of nitrogens with zero attached hydrogens (tertiary/aromatic N) is 2. The van der Waals surface area contributed by atoms with Gasteiger partial charge in [0, 0.05) is 53.4 Å². The van der Waals surface area contributed by atoms with Crippen LogP contribution in [0.3, 0.4) is 0 Å². The second kappa shape index (κ2) is 7.40. The van der Waals surface area contributed by atoms with Crippen LogP contribution in [0.1, 0.15) is 38.2 Å². The molecule has 5 rings (SSSR count). The summed E-state index contributed by atoms with van der Waals surface area (Å²) in [6.07, 6.45) is 5.21. The highest BCUT2D eigenvalue weighted by Gasteiger charge is 2.49. The highest BCUT2D eigenvalue weighted by atomic mass is 35.5. The van der Waals surface area contributed by atoms with Crippen LogP contribution in [-0.2, 0) is 11.3 Å². The summed E-state index contributed by atoms with van der Waals surface area (Å²) in [5, 5.41) is 1.90. The van der Waals surface area contributed by atoms with E-state index in [9.17, 15) is 9.18 Å². The van der Waals surface area contributed by atoms with Crippen LogP contribution in [0.25, 0.3) is 10.9 Å². The molecule has 1 aromatic heterocycles. The first-order valence-corrected chi connectivity index (χ1v) is 10.9. The van der Waals surface area contributed by atoms with E-state index in [1.165, 1.54) is 17.7 Å². The van der Waals surface area contributed by atoms with Gasteiger partial charge in [-0.15, -0.1) is 0 Å². The summed E-state index contributed by atoms with van der Waals surface area (Å²) < 4.78 is 13.9. The van der Waals surface area contributed by atoms with Gasteiger partial charge in [-0.25, -0.2) is 4.39 Å². The number of hydrogen-bond acceptors (Lipinski definition) is 2. The fourth-order valence-corrected chi connectivity index (χ4v) is 5.55. The molecule has 1 N–H and O–H groups in total. The lowest BCUT2D eigenvalue weighted by molar-refractivity contribution is -0.117. The number of hydrogen-bond donors (Lipinski definition) is 1. The van der Waals surface area contributed by atoms with Gasteiger partial charge in [0.1, 0.15) is 5.82 Å². The molecule has 2 unspecified atom stereocenters. The molecule has 0 radical (unpaired) electrons. The SMILES string of the molecule is CC1CC2(CCC(=O)N2c2cccc(F)c2)CCN1Cc1c[nH]c2ccc(Cl)cc12. The summed E-state index contributed by atoms with van der Waals surface area (Å²) in [4.78, 5) is 20.4. The number of halogens is 2. The highest BCUT2D eigenvalue weighted by molar-refractivity contribution is 6.31. The second-order valence-corrected chi connectivity index (χ2v) is 9.15. The average molecular weight is 426 g/mol. The van der Waals surface area contributed by atoms with Gasteiger partial charge in [0.25, 0.3) is 0 Å². The van der Waals surface area contributed by atoms with Crippen molar-refractivity contribution in [1.29, 1.82) is 0 Å². The summed E-state index contributed by atoms with van der Waals surface area (Å²) in [7, 11) is 0. The molecule has 4 nitrogen and oxygen atoms in total. The van der Waals surface area contributed by atoms with Gasteiger partial charge in [-0.2, -0.15) is 0 Å². The molecule has 156 valence electrons. The number of H-pyrrole nitrogens is 1. The maximum absolute atomic E-state index is 13.9. The van der Waals surface area contributed by atoms with Crippen molar-refractivity contribution in [1.82, 2.24) is 9.88 Å². The van der Waals surface area contributed by atoms with E-state index >= 15 is 0 Å². The topological polar surface area (TPSA) is 39.3 Å². The summed E-state index contributed by atoms with van der Waals surface area (Å²) in [6, 6.07) is 12.7. The van der Waals surface area contributed by atoms with Crippen molar-refractivity contribution in [2.75, 3.05) is 11.4 Å². The molecule has 2 atom stereocenters. The van der Waals surface area contributed by atoms with Crippen molar-refractivity contribution in [3.8, 4) is 0 Å². The lowest BCUT2D eigenvalue weighted by Gasteiger charge is -2.48. The van der Waals surface area contributed by atoms with Crippen molar-refractivity contribution in [3.63, 3.8) is 0 Å². The number of nitrogens with one attached hydrogen (secondary N) is 1. The zero-order valence-corrected chi connectivity index (χ0v) is 17.8. The molecular formula is C24H25ClFN3O. The van der Waals surface area contributed by atoms with E-state index in [1.54, 1.807) is 6.07 Å². The molecule has 0 bridgehead atoms. The van der Waals surface area contributed by atoms with Crippen LogP contribution in [0.5, 0.6) is 0 Å². The molecule has 30 heavy (non-hydrogen) atoms. The summed E-state index contributed by atoms with van der Waals surface area (Å²) in [6.45, 7) is 3.97. The largest absolute Gasteiger partial charge is 0.361 e. The fraction of sp³-hybridized carbons (Fsp3) is 0.375. The first kappa shape index (κ1) is 19.6. The van der Waals surface area contributed by atoms with Crippen molar-refractivity contribution in [2.24, 2.45) is 0 Å². The first-order valence-electron chi connectivity index (χ1n) is 10.5. The molecule has 1 amide bonds. The van der Waals surface area contributed by atoms with Crippen molar-refractivity contribution >= 4 is 34.1 Å². The smallest absolute Gasteiger partial charge is 0.227 e. The van der Waals surface area contributed by atoms with Gasteiger partial charge < -0.3 is 9.88 Å². The van der Waals surface area contributed by atoms with Crippen molar-refractivity contribution in [2.45, 2.75) is 50.7 Å². The number of piperidine rings is 1. The van der Waals surface area contributed by atoms with E-state index in [-0.39, 0.29) is 17.3 Å². The van der Waals surface area contributed by atoms with Gasteiger partial charge in [0.15, 0.2) is 0 Å². The normalized spacial score (nSPS) is 25.0. The van der Waals surface area contributed by atoms with E-state index < -0.39 is 0 Å². The van der Waals surface area contributed by atoms with Gasteiger partial charge in [-0.3, -0.25) is 9.69 Å². The lowest BCUT2D eigenvalue weighted by Crippen LogP contribution is -2.56. The number of carbonyl (C=O) groups is 1. The molecule has 0 saturated carbocycles. The Morgan fingerprint density at radius 3 is 2.90 bits per heavy atom. The van der Waals surface area contributed by atoms with Gasteiger partial charge in [-0.1, -0.05) is 17.7 Å². The third kappa shape index (κ3) is 3.30. The van der Waals surface area contributed by atoms with E-state index in [0.717, 1.165) is 48.3 Å². The number of aromatic amines is 1. The Morgan fingerprint density at radius 2 is 2.10 bits per heavy atom. The standard InChI is InChI=1S/C24H25ClFN3O/c1-16-13-24(8-7-23(30)29(24)20-4-2-3-19(26)12-20)9-10-28(16)15-17-14-27-22-6-5-18(25)11-21(17)22/h2-6,11-12,14,16,27H,7-10,13,15H2,1H3. The number of benzene rings is 2. The summed E-state index contributed by atoms with van der Waals surface area (Å²) in [5.74, 6) is -0.196. The molecule has 2 saturated heterocycles. The maximum atomic E-state index is 13.9. The van der Waals surface area contributed by atoms with Crippen LogP contribution < -0.4 is 4.90 Å². The predicted molar refractivity (Wildman–Crippen MR) is 118 cm³/mol. The van der Waals surface area contributed by atoms with Crippen LogP contribution in [-0.4, -0.2) is 33.9 Å². The zero-order valence-electron chi connectivity index (χ0n) is 17.0. The number of amides is 1. The molecule has 1 spiro atoms. The van der Waals surface area contributed by atoms with E-state index in [1.807, 2.05) is 29.2 Å². The number of anilines is 1. The molecule has 2 aliphatic heterocycles. The second-order valence-electron chi connectivity index (χ2n) is 8.71. The van der Waals surface area contributed by atoms with E-state index in [2.05, 4.69) is 23.0 Å². The number of rotatable bonds is 3. The molecule has 0 aliphatic carbocycles. The number of aromatic nitrogens is 1. The molecule has 2 aliphatic rings. The maximum Gasteiger partial charge on any atom is 0.227 e. The minimum absolute atomic E-state index is 0.104. The Morgan fingerprint density at radius 1 is 1.23 bits per heavy atom. The Labute approximate surface area is 180 Å². The first-order chi connectivity index (χ1) is 14.4. The number of likely N-dealkylation sites (tertiary alicyclic amines) is 1. The Bertz CT molecular complexity index is 1110. The van der Waals surface area contributed by atoms with E-state index in [4.69, 9.17) is 11.6 Å². The molecule has 2 aromatic carbocycles. The van der Waals surface area contributed by atoms with E-state index in [0.29, 0.717) is 18.2 Å². The number of carbonyl (C=O) groups excluding carboxylic acids is 1. The Kier molecular flexibility index (Phi) is 4.83. The van der Waals surface area contributed by atoms with Gasteiger partial charge >= 0.3 is 0 Å². The predicted octanol–water partition coefficient (Wildman–Crippen LogP) is 5.51. The molecule has 3 aromatic rings. The Hall–Kier alpha value is -2.37. The summed E-state index contributed by atoms with van der Waals surface area (Å²) in [5.41, 5.74) is 2.79. The van der Waals surface area contributed by atoms with Crippen LogP contribution in [0, 0.1) is 5.82 Å². The minimum atomic E-state index is -0.300. The van der Waals surface area contributed by atoms with Gasteiger partial charge in [-0.05, 0) is 68.1 Å². The molecule has 6 heteroatoms. The molecule has 2 fully saturated rings. The van der Waals surface area contributed by atoms with Crippen LogP contribution >= 0.6 is 11.6 Å². The van der Waals surface area contributed by atoms with Crippen LogP contribution in [0.4, 0.5) is 10.1 Å². The average Bonchev–Trinajstić information content (AvgIpc) is 3.25. The van der Waals surface area contributed by atoms with Crippen molar-refractivity contribution in [3.05, 3.63) is 65.1 Å². The monoisotopic (exact) mass is 425 g/mol. The van der Waals surface area contributed by atoms with Crippen LogP contribution in [0.2, 0.25) is 5.02 Å². The fourth-order valence-electron chi connectivity index (χ4n) is 5.38. The Balaban J connectivity index is 1.38. The molecular weight excluding hydrogens is 401 g/mol.